The number of hydrogen-bond acceptors (Lipinski definition) is 5. The van der Waals surface area contributed by atoms with Gasteiger partial charge in [0.2, 0.25) is 11.2 Å². The van der Waals surface area contributed by atoms with Crippen molar-refractivity contribution < 1.29 is 24.1 Å². The van der Waals surface area contributed by atoms with Gasteiger partial charge in [0, 0.05) is 7.05 Å². The lowest BCUT2D eigenvalue weighted by molar-refractivity contribution is 0.144. The lowest BCUT2D eigenvalue weighted by Crippen LogP contribution is -2.19. The van der Waals surface area contributed by atoms with Gasteiger partial charge in [-0.15, -0.1) is 0 Å². The smallest absolute Gasteiger partial charge is 0.503 e. The first kappa shape index (κ1) is 13.9. The van der Waals surface area contributed by atoms with Gasteiger partial charge in [-0.3, -0.25) is 9.47 Å². The Morgan fingerprint density at radius 2 is 2.20 bits per heavy atom. The van der Waals surface area contributed by atoms with E-state index in [1.165, 1.54) is 7.05 Å². The summed E-state index contributed by atoms with van der Waals surface area (Å²) in [6, 6.07) is 0.983. The molecule has 1 aromatic carbocycles. The molecule has 3 N–H and O–H groups in total. The molecule has 9 heteroatoms. The Kier molecular flexibility index (Phi) is 3.41. The molecule has 0 aliphatic carbocycles. The number of phenolic OH excluding ortho intramolecular Hbond substituents is 1. The van der Waals surface area contributed by atoms with Gasteiger partial charge in [0.15, 0.2) is 11.6 Å². The summed E-state index contributed by atoms with van der Waals surface area (Å²) in [6.07, 6.45) is -0.701. The number of nitrogens with zero attached hydrogens (tertiary/aromatic N) is 1. The van der Waals surface area contributed by atoms with Gasteiger partial charge in [-0.2, -0.15) is 0 Å². The normalized spacial score (nSPS) is 10.6. The summed E-state index contributed by atoms with van der Waals surface area (Å²) in [5.41, 5.74) is 1.51. The zero-order valence-electron chi connectivity index (χ0n) is 9.98. The van der Waals surface area contributed by atoms with Crippen LogP contribution in [0.15, 0.2) is 17.1 Å². The van der Waals surface area contributed by atoms with Crippen LogP contribution in [0.25, 0.3) is 10.9 Å². The highest BCUT2D eigenvalue weighted by molar-refractivity contribution is 6.31. The third kappa shape index (κ3) is 2.10. The van der Waals surface area contributed by atoms with Crippen molar-refractivity contribution in [3.63, 3.8) is 0 Å². The quantitative estimate of drug-likeness (QED) is 0.730. The fourth-order valence-electron chi connectivity index (χ4n) is 1.74. The molecule has 7 nitrogen and oxygen atoms in total. The molecule has 106 valence electrons. The number of aromatic hydroxyl groups is 1. The highest BCUT2D eigenvalue weighted by Crippen LogP contribution is 2.32. The summed E-state index contributed by atoms with van der Waals surface area (Å²) >= 11 is 5.56. The SMILES string of the molecule is CNn1cc(OC(=O)O)c(=O)c2cc(Cl)c(F)c(O)c21. The number of carboxylic acid groups (broad SMARTS) is 1. The zero-order valence-corrected chi connectivity index (χ0v) is 10.7. The zero-order chi connectivity index (χ0) is 15.0. The van der Waals surface area contributed by atoms with E-state index in [0.29, 0.717) is 0 Å². The van der Waals surface area contributed by atoms with Gasteiger partial charge in [0.1, 0.15) is 5.52 Å². The van der Waals surface area contributed by atoms with E-state index < -0.39 is 33.9 Å². The highest BCUT2D eigenvalue weighted by Gasteiger charge is 2.19. The molecular formula is C11H8ClFN2O5. The number of rotatable bonds is 2. The van der Waals surface area contributed by atoms with Crippen LogP contribution < -0.4 is 15.6 Å². The number of phenols is 1. The van der Waals surface area contributed by atoms with Crippen LogP contribution >= 0.6 is 11.6 Å². The summed E-state index contributed by atoms with van der Waals surface area (Å²) in [5, 5.41) is 17.6. The molecular weight excluding hydrogens is 295 g/mol. The van der Waals surface area contributed by atoms with Gasteiger partial charge in [-0.05, 0) is 6.07 Å². The van der Waals surface area contributed by atoms with Crippen molar-refractivity contribution in [3.05, 3.63) is 33.3 Å². The minimum Gasteiger partial charge on any atom is -0.503 e. The molecule has 20 heavy (non-hydrogen) atoms. The summed E-state index contributed by atoms with van der Waals surface area (Å²) in [4.78, 5) is 22.5. The van der Waals surface area contributed by atoms with E-state index >= 15 is 0 Å². The number of ether oxygens (including phenoxy) is 1. The van der Waals surface area contributed by atoms with E-state index in [4.69, 9.17) is 16.7 Å². The van der Waals surface area contributed by atoms with Crippen molar-refractivity contribution in [3.8, 4) is 11.5 Å². The first-order valence-electron chi connectivity index (χ1n) is 5.21. The monoisotopic (exact) mass is 302 g/mol. The first-order chi connectivity index (χ1) is 9.36. The Hall–Kier alpha value is -2.48. The molecule has 0 saturated carbocycles. The van der Waals surface area contributed by atoms with Gasteiger partial charge >= 0.3 is 6.16 Å². The van der Waals surface area contributed by atoms with Crippen LogP contribution in [0.4, 0.5) is 9.18 Å². The Morgan fingerprint density at radius 1 is 1.55 bits per heavy atom. The summed E-state index contributed by atoms with van der Waals surface area (Å²) in [5.74, 6) is -2.43. The predicted molar refractivity (Wildman–Crippen MR) is 68.8 cm³/mol. The molecule has 2 rings (SSSR count). The number of aromatic nitrogens is 1. The van der Waals surface area contributed by atoms with Gasteiger partial charge in [0.25, 0.3) is 0 Å². The van der Waals surface area contributed by atoms with E-state index in [9.17, 15) is 19.1 Å². The van der Waals surface area contributed by atoms with Crippen molar-refractivity contribution in [2.45, 2.75) is 0 Å². The second-order valence-electron chi connectivity index (χ2n) is 3.70. The third-order valence-corrected chi connectivity index (χ3v) is 2.84. The van der Waals surface area contributed by atoms with Gasteiger partial charge in [-0.25, -0.2) is 9.18 Å². The lowest BCUT2D eigenvalue weighted by Gasteiger charge is -2.13. The molecule has 0 fully saturated rings. The van der Waals surface area contributed by atoms with E-state index in [0.717, 1.165) is 16.9 Å². The van der Waals surface area contributed by atoms with E-state index in [1.54, 1.807) is 0 Å². The maximum atomic E-state index is 13.6. The standard InChI is InChI=1S/C11H8ClFN2O5/c1-14-15-3-6(20-11(18)19)9(16)4-2-5(12)7(13)10(17)8(4)15/h2-3,14,17H,1H3,(H,18,19). The van der Waals surface area contributed by atoms with E-state index in [1.807, 2.05) is 0 Å². The van der Waals surface area contributed by atoms with Crippen LogP contribution in [0, 0.1) is 5.82 Å². The van der Waals surface area contributed by atoms with Crippen molar-refractivity contribution in [1.29, 1.82) is 0 Å². The number of fused-ring (bicyclic) bond motifs is 1. The molecule has 0 unspecified atom stereocenters. The van der Waals surface area contributed by atoms with Crippen LogP contribution in [0.5, 0.6) is 11.5 Å². The van der Waals surface area contributed by atoms with Gasteiger partial charge in [-0.1, -0.05) is 11.6 Å². The Labute approximate surface area is 115 Å². The maximum Gasteiger partial charge on any atom is 0.511 e. The molecule has 0 aliphatic rings. The highest BCUT2D eigenvalue weighted by atomic mass is 35.5. The average Bonchev–Trinajstić information content (AvgIpc) is 2.39. The van der Waals surface area contributed by atoms with Crippen LogP contribution in [-0.4, -0.2) is 28.1 Å². The molecule has 0 atom stereocenters. The Morgan fingerprint density at radius 3 is 2.75 bits per heavy atom. The lowest BCUT2D eigenvalue weighted by atomic mass is 10.2. The molecule has 0 amide bonds. The van der Waals surface area contributed by atoms with Crippen LogP contribution in [0.1, 0.15) is 0 Å². The Balaban J connectivity index is 2.93. The minimum absolute atomic E-state index is 0.183. The van der Waals surface area contributed by atoms with Crippen molar-refractivity contribution in [2.24, 2.45) is 0 Å². The number of hydrogen-bond donors (Lipinski definition) is 3. The fraction of sp³-hybridized carbons (Fsp3) is 0.0909. The average molecular weight is 303 g/mol. The van der Waals surface area contributed by atoms with Gasteiger partial charge in [0.05, 0.1) is 16.6 Å². The summed E-state index contributed by atoms with van der Waals surface area (Å²) in [6.45, 7) is 0. The number of carbonyl (C=O) groups is 1. The molecule has 0 saturated heterocycles. The molecule has 0 bridgehead atoms. The fourth-order valence-corrected chi connectivity index (χ4v) is 1.93. The maximum absolute atomic E-state index is 13.6. The first-order valence-corrected chi connectivity index (χ1v) is 5.59. The van der Waals surface area contributed by atoms with Gasteiger partial charge < -0.3 is 20.4 Å². The number of pyridine rings is 1. The van der Waals surface area contributed by atoms with Crippen molar-refractivity contribution >= 4 is 28.7 Å². The molecule has 0 spiro atoms. The second-order valence-corrected chi connectivity index (χ2v) is 4.11. The summed E-state index contributed by atoms with van der Waals surface area (Å²) in [7, 11) is 1.42. The second kappa shape index (κ2) is 4.89. The van der Waals surface area contributed by atoms with Crippen molar-refractivity contribution in [2.75, 3.05) is 12.5 Å². The number of halogens is 2. The topological polar surface area (TPSA) is 101 Å². The number of benzene rings is 1. The minimum atomic E-state index is -1.68. The molecule has 2 aromatic rings. The van der Waals surface area contributed by atoms with Crippen LogP contribution in [-0.2, 0) is 0 Å². The molecule has 0 radical (unpaired) electrons. The molecule has 1 heterocycles. The van der Waals surface area contributed by atoms with E-state index in [2.05, 4.69) is 10.2 Å². The van der Waals surface area contributed by atoms with Crippen LogP contribution in [0.3, 0.4) is 0 Å². The summed E-state index contributed by atoms with van der Waals surface area (Å²) < 4.78 is 18.9. The third-order valence-electron chi connectivity index (χ3n) is 2.56. The number of nitrogens with one attached hydrogen (secondary N) is 1. The van der Waals surface area contributed by atoms with Crippen LogP contribution in [0.2, 0.25) is 5.02 Å². The van der Waals surface area contributed by atoms with E-state index in [-0.39, 0.29) is 10.9 Å². The van der Waals surface area contributed by atoms with Crippen molar-refractivity contribution in [1.82, 2.24) is 4.68 Å². The predicted octanol–water partition coefficient (Wildman–Crippen LogP) is 1.73. The largest absolute Gasteiger partial charge is 0.511 e. The molecule has 1 aromatic heterocycles. The molecule has 0 aliphatic heterocycles. The Bertz CT molecular complexity index is 774.